The van der Waals surface area contributed by atoms with Crippen molar-refractivity contribution in [3.8, 4) is 0 Å². The van der Waals surface area contributed by atoms with Crippen LogP contribution in [0.25, 0.3) is 0 Å². The molecule has 2 rings (SSSR count). The van der Waals surface area contributed by atoms with Crippen LogP contribution in [0.3, 0.4) is 0 Å². The van der Waals surface area contributed by atoms with E-state index in [1.54, 1.807) is 0 Å². The lowest BCUT2D eigenvalue weighted by molar-refractivity contribution is -0.149. The Morgan fingerprint density at radius 1 is 1.14 bits per heavy atom. The molecular weight excluding hydrogens is 280 g/mol. The number of nitrogens with zero attached hydrogens (tertiary/aromatic N) is 2. The summed E-state index contributed by atoms with van der Waals surface area (Å²) in [6.45, 7) is 8.13. The molecule has 1 unspecified atom stereocenters. The van der Waals surface area contributed by atoms with Gasteiger partial charge in [-0.2, -0.15) is 0 Å². The minimum absolute atomic E-state index is 0.0349. The number of amides is 1. The van der Waals surface area contributed by atoms with E-state index in [0.717, 1.165) is 58.3 Å². The molecule has 0 aliphatic carbocycles. The van der Waals surface area contributed by atoms with Gasteiger partial charge < -0.3 is 14.5 Å². The van der Waals surface area contributed by atoms with Gasteiger partial charge in [0.25, 0.3) is 0 Å². The Bertz CT molecular complexity index is 378. The smallest absolute Gasteiger partial charge is 0.309 e. The average molecular weight is 310 g/mol. The Hall–Kier alpha value is -1.10. The summed E-state index contributed by atoms with van der Waals surface area (Å²) in [5.41, 5.74) is 0. The van der Waals surface area contributed by atoms with Gasteiger partial charge in [-0.05, 0) is 52.1 Å². The number of likely N-dealkylation sites (tertiary alicyclic amines) is 2. The van der Waals surface area contributed by atoms with Gasteiger partial charge in [0, 0.05) is 25.6 Å². The number of hydrogen-bond donors (Lipinski definition) is 0. The minimum Gasteiger partial charge on any atom is -0.466 e. The molecule has 0 bridgehead atoms. The van der Waals surface area contributed by atoms with Crippen LogP contribution in [-0.2, 0) is 14.3 Å². The van der Waals surface area contributed by atoms with E-state index in [-0.39, 0.29) is 11.9 Å². The van der Waals surface area contributed by atoms with Crippen molar-refractivity contribution in [2.75, 3.05) is 32.8 Å². The van der Waals surface area contributed by atoms with Crippen LogP contribution in [0.5, 0.6) is 0 Å². The topological polar surface area (TPSA) is 49.9 Å². The fourth-order valence-electron chi connectivity index (χ4n) is 3.65. The molecule has 1 amide bonds. The number of esters is 1. The van der Waals surface area contributed by atoms with Gasteiger partial charge >= 0.3 is 5.97 Å². The molecule has 0 aromatic rings. The van der Waals surface area contributed by atoms with Crippen molar-refractivity contribution in [3.63, 3.8) is 0 Å². The van der Waals surface area contributed by atoms with Crippen molar-refractivity contribution >= 4 is 11.9 Å². The van der Waals surface area contributed by atoms with Gasteiger partial charge in [-0.1, -0.05) is 6.92 Å². The third-order valence-electron chi connectivity index (χ3n) is 4.94. The normalized spacial score (nSPS) is 25.1. The molecule has 22 heavy (non-hydrogen) atoms. The largest absolute Gasteiger partial charge is 0.466 e. The lowest BCUT2D eigenvalue weighted by atomic mass is 9.94. The number of ether oxygens (including phenoxy) is 1. The van der Waals surface area contributed by atoms with Gasteiger partial charge in [0.1, 0.15) is 0 Å². The Morgan fingerprint density at radius 2 is 1.86 bits per heavy atom. The van der Waals surface area contributed by atoms with Gasteiger partial charge in [-0.25, -0.2) is 0 Å². The zero-order valence-electron chi connectivity index (χ0n) is 14.1. The van der Waals surface area contributed by atoms with E-state index in [2.05, 4.69) is 11.8 Å². The van der Waals surface area contributed by atoms with Crippen molar-refractivity contribution in [3.05, 3.63) is 0 Å². The molecule has 0 spiro atoms. The SMILES string of the molecule is CCCN1CCC(N2CCC(C(=O)OCC)CC2)CCC1=O. The summed E-state index contributed by atoms with van der Waals surface area (Å²) in [4.78, 5) is 28.4. The first kappa shape index (κ1) is 17.3. The molecule has 5 nitrogen and oxygen atoms in total. The number of hydrogen-bond acceptors (Lipinski definition) is 4. The van der Waals surface area contributed by atoms with E-state index in [1.165, 1.54) is 0 Å². The third-order valence-corrected chi connectivity index (χ3v) is 4.94. The monoisotopic (exact) mass is 310 g/mol. The lowest BCUT2D eigenvalue weighted by Crippen LogP contribution is -2.43. The number of carbonyl (C=O) groups is 2. The highest BCUT2D eigenvalue weighted by Gasteiger charge is 2.31. The Balaban J connectivity index is 1.81. The molecule has 0 radical (unpaired) electrons. The van der Waals surface area contributed by atoms with E-state index in [4.69, 9.17) is 4.74 Å². The summed E-state index contributed by atoms with van der Waals surface area (Å²) in [5, 5.41) is 0. The van der Waals surface area contributed by atoms with Gasteiger partial charge in [0.05, 0.1) is 12.5 Å². The molecule has 2 aliphatic rings. The van der Waals surface area contributed by atoms with Crippen molar-refractivity contribution in [2.24, 2.45) is 5.92 Å². The Morgan fingerprint density at radius 3 is 2.50 bits per heavy atom. The third kappa shape index (κ3) is 4.45. The Labute approximate surface area is 134 Å². The van der Waals surface area contributed by atoms with Crippen molar-refractivity contribution in [1.29, 1.82) is 0 Å². The zero-order chi connectivity index (χ0) is 15.9. The summed E-state index contributed by atoms with van der Waals surface area (Å²) >= 11 is 0. The molecule has 1 atom stereocenters. The summed E-state index contributed by atoms with van der Waals surface area (Å²) in [7, 11) is 0. The second-order valence-corrected chi connectivity index (χ2v) is 6.42. The number of piperidine rings is 1. The molecule has 0 aromatic heterocycles. The summed E-state index contributed by atoms with van der Waals surface area (Å²) < 4.78 is 5.13. The summed E-state index contributed by atoms with van der Waals surface area (Å²) in [6, 6.07) is 0.494. The second kappa shape index (κ2) is 8.51. The fraction of sp³-hybridized carbons (Fsp3) is 0.882. The van der Waals surface area contributed by atoms with E-state index >= 15 is 0 Å². The van der Waals surface area contributed by atoms with Crippen LogP contribution in [-0.4, -0.2) is 60.5 Å². The predicted octanol–water partition coefficient (Wildman–Crippen LogP) is 2.05. The van der Waals surface area contributed by atoms with Crippen LogP contribution in [0.4, 0.5) is 0 Å². The van der Waals surface area contributed by atoms with Gasteiger partial charge in [-0.3, -0.25) is 9.59 Å². The van der Waals surface area contributed by atoms with E-state index in [1.807, 2.05) is 11.8 Å². The first-order chi connectivity index (χ1) is 10.7. The molecule has 126 valence electrons. The van der Waals surface area contributed by atoms with Gasteiger partial charge in [0.15, 0.2) is 0 Å². The summed E-state index contributed by atoms with van der Waals surface area (Å²) in [5.74, 6) is 0.346. The highest BCUT2D eigenvalue weighted by Crippen LogP contribution is 2.25. The van der Waals surface area contributed by atoms with Crippen molar-refractivity contribution in [2.45, 2.75) is 58.4 Å². The molecule has 2 heterocycles. The first-order valence-corrected chi connectivity index (χ1v) is 8.84. The quantitative estimate of drug-likeness (QED) is 0.729. The molecule has 0 aromatic carbocycles. The summed E-state index contributed by atoms with van der Waals surface area (Å²) in [6.07, 6.45) is 5.51. The average Bonchev–Trinajstić information content (AvgIpc) is 2.71. The molecule has 5 heteroatoms. The van der Waals surface area contributed by atoms with Crippen LogP contribution < -0.4 is 0 Å². The number of carbonyl (C=O) groups excluding carboxylic acids is 2. The van der Waals surface area contributed by atoms with Gasteiger partial charge in [-0.15, -0.1) is 0 Å². The van der Waals surface area contributed by atoms with Gasteiger partial charge in [0.2, 0.25) is 5.91 Å². The maximum atomic E-state index is 12.1. The molecule has 0 saturated carbocycles. The second-order valence-electron chi connectivity index (χ2n) is 6.42. The van der Waals surface area contributed by atoms with Crippen LogP contribution in [0, 0.1) is 5.92 Å². The fourth-order valence-corrected chi connectivity index (χ4v) is 3.65. The van der Waals surface area contributed by atoms with Crippen LogP contribution in [0.2, 0.25) is 0 Å². The Kier molecular flexibility index (Phi) is 6.68. The van der Waals surface area contributed by atoms with Crippen LogP contribution in [0.15, 0.2) is 0 Å². The van der Waals surface area contributed by atoms with Crippen molar-refractivity contribution < 1.29 is 14.3 Å². The molecule has 2 fully saturated rings. The lowest BCUT2D eigenvalue weighted by Gasteiger charge is -2.36. The number of rotatable bonds is 5. The minimum atomic E-state index is -0.0349. The van der Waals surface area contributed by atoms with E-state index in [9.17, 15) is 9.59 Å². The maximum Gasteiger partial charge on any atom is 0.309 e. The molecule has 2 aliphatic heterocycles. The van der Waals surface area contributed by atoms with E-state index in [0.29, 0.717) is 25.0 Å². The van der Waals surface area contributed by atoms with Crippen molar-refractivity contribution in [1.82, 2.24) is 9.80 Å². The maximum absolute atomic E-state index is 12.1. The van der Waals surface area contributed by atoms with Crippen LogP contribution in [0.1, 0.15) is 52.4 Å². The zero-order valence-corrected chi connectivity index (χ0v) is 14.1. The highest BCUT2D eigenvalue weighted by atomic mass is 16.5. The predicted molar refractivity (Wildman–Crippen MR) is 85.4 cm³/mol. The standard InChI is InChI=1S/C17H30N2O3/c1-3-10-19-13-9-15(5-6-16(19)20)18-11-7-14(8-12-18)17(21)22-4-2/h14-15H,3-13H2,1-2H3. The van der Waals surface area contributed by atoms with Crippen LogP contribution >= 0.6 is 0 Å². The molecule has 2 saturated heterocycles. The molecular formula is C17H30N2O3. The van der Waals surface area contributed by atoms with E-state index < -0.39 is 0 Å². The first-order valence-electron chi connectivity index (χ1n) is 8.84. The highest BCUT2D eigenvalue weighted by molar-refractivity contribution is 5.76. The molecule has 0 N–H and O–H groups in total.